The van der Waals surface area contributed by atoms with Gasteiger partial charge in [0.2, 0.25) is 0 Å². The molecule has 0 amide bonds. The Morgan fingerprint density at radius 2 is 1.20 bits per heavy atom. The van der Waals surface area contributed by atoms with Gasteiger partial charge in [-0.1, -0.05) is 0 Å². The quantitative estimate of drug-likeness (QED) is 0.610. The van der Waals surface area contributed by atoms with Gasteiger partial charge in [0.15, 0.2) is 0 Å². The van der Waals surface area contributed by atoms with Crippen molar-refractivity contribution in [3.05, 3.63) is 68.6 Å². The van der Waals surface area contributed by atoms with Crippen LogP contribution in [0.1, 0.15) is 22.0 Å². The second-order valence-electron chi connectivity index (χ2n) is 4.06. The maximum absolute atomic E-state index is 9.00. The summed E-state index contributed by atoms with van der Waals surface area (Å²) in [5.41, 5.74) is 2.76. The Morgan fingerprint density at radius 3 is 1.45 bits per heavy atom. The molecule has 5 heteroatoms. The minimum absolute atomic E-state index is 0.522. The summed E-state index contributed by atoms with van der Waals surface area (Å²) in [5, 5.41) is 7.42. The van der Waals surface area contributed by atoms with Crippen molar-refractivity contribution < 1.29 is 9.90 Å². The standard InChI is InChI=1S/C13H9Br2.C2H4O2.Sn/c14-12-5-1-10(2-6-12)9-11-3-7-13(15)8-4-11;1-2(3)4;/h1-9H;1H3,(H,3,4);. The van der Waals surface area contributed by atoms with E-state index in [0.717, 1.165) is 15.9 Å². The molecular weight excluding hydrogens is 491 g/mol. The van der Waals surface area contributed by atoms with Crippen LogP contribution < -0.4 is 0 Å². The van der Waals surface area contributed by atoms with Crippen LogP contribution in [0, 0.1) is 0 Å². The molecule has 1 N–H and O–H groups in total. The third kappa shape index (κ3) is 6.41. The molecule has 0 spiro atoms. The number of halogens is 2. The first kappa shape index (κ1) is 17.7. The summed E-state index contributed by atoms with van der Waals surface area (Å²) in [5.74, 6) is -0.833. The van der Waals surface area contributed by atoms with Crippen molar-refractivity contribution in [2.24, 2.45) is 0 Å². The van der Waals surface area contributed by atoms with Gasteiger partial charge in [-0.2, -0.15) is 0 Å². The average molecular weight is 504 g/mol. The SMILES string of the molecule is Brc1ccc([CH]([Sn])c2ccc(Br)cc2)cc1.CC(=O)O. The Kier molecular flexibility index (Phi) is 7.84. The topological polar surface area (TPSA) is 37.3 Å². The van der Waals surface area contributed by atoms with Crippen molar-refractivity contribution in [2.45, 2.75) is 10.9 Å². The normalized spacial score (nSPS) is 9.85. The molecule has 3 radical (unpaired) electrons. The van der Waals surface area contributed by atoms with Gasteiger partial charge in [0.05, 0.1) is 0 Å². The molecule has 0 heterocycles. The average Bonchev–Trinajstić information content (AvgIpc) is 2.39. The van der Waals surface area contributed by atoms with Crippen LogP contribution in [0.2, 0.25) is 0 Å². The number of carbonyl (C=O) groups is 1. The summed E-state index contributed by atoms with van der Waals surface area (Å²) in [4.78, 5) is 9.00. The fraction of sp³-hybridized carbons (Fsp3) is 0.133. The molecule has 0 aliphatic rings. The number of carboxylic acid groups (broad SMARTS) is 1. The molecule has 0 bridgehead atoms. The van der Waals surface area contributed by atoms with E-state index in [1.807, 2.05) is 0 Å². The van der Waals surface area contributed by atoms with E-state index in [0.29, 0.717) is 3.93 Å². The van der Waals surface area contributed by atoms with Crippen LogP contribution in [0.25, 0.3) is 0 Å². The van der Waals surface area contributed by atoms with Gasteiger partial charge in [-0.3, -0.25) is 4.79 Å². The third-order valence-corrected chi connectivity index (χ3v) is 5.37. The molecule has 2 aromatic carbocycles. The Balaban J connectivity index is 0.000000444. The van der Waals surface area contributed by atoms with Gasteiger partial charge in [-0.15, -0.1) is 0 Å². The van der Waals surface area contributed by atoms with E-state index in [9.17, 15) is 0 Å². The van der Waals surface area contributed by atoms with Crippen LogP contribution in [0.5, 0.6) is 0 Å². The van der Waals surface area contributed by atoms with Gasteiger partial charge in [0, 0.05) is 6.92 Å². The molecule has 0 atom stereocenters. The van der Waals surface area contributed by atoms with Gasteiger partial charge in [0.1, 0.15) is 0 Å². The molecule has 20 heavy (non-hydrogen) atoms. The van der Waals surface area contributed by atoms with Crippen LogP contribution >= 0.6 is 31.9 Å². The summed E-state index contributed by atoms with van der Waals surface area (Å²) in [6.07, 6.45) is 0. The van der Waals surface area contributed by atoms with E-state index in [1.54, 1.807) is 0 Å². The van der Waals surface area contributed by atoms with Crippen LogP contribution in [-0.2, 0) is 4.79 Å². The summed E-state index contributed by atoms with van der Waals surface area (Å²) in [6.45, 7) is 1.08. The van der Waals surface area contributed by atoms with Crippen molar-refractivity contribution in [1.29, 1.82) is 0 Å². The van der Waals surface area contributed by atoms with Crippen molar-refractivity contribution in [3.8, 4) is 0 Å². The van der Waals surface area contributed by atoms with Crippen molar-refractivity contribution in [1.82, 2.24) is 0 Å². The predicted molar refractivity (Wildman–Crippen MR) is 89.2 cm³/mol. The minimum Gasteiger partial charge on any atom is -0.481 e. The third-order valence-electron chi connectivity index (χ3n) is 2.41. The molecule has 0 aliphatic carbocycles. The van der Waals surface area contributed by atoms with Gasteiger partial charge in [0.25, 0.3) is 5.97 Å². The van der Waals surface area contributed by atoms with Crippen LogP contribution in [-0.4, -0.2) is 33.6 Å². The fourth-order valence-electron chi connectivity index (χ4n) is 1.50. The molecule has 2 aromatic rings. The molecule has 2 nitrogen and oxygen atoms in total. The van der Waals surface area contributed by atoms with Crippen LogP contribution in [0.4, 0.5) is 0 Å². The van der Waals surface area contributed by atoms with E-state index in [1.165, 1.54) is 33.7 Å². The second kappa shape index (κ2) is 8.85. The van der Waals surface area contributed by atoms with Crippen LogP contribution in [0.15, 0.2) is 57.5 Å². The molecule has 0 saturated heterocycles. The van der Waals surface area contributed by atoms with Gasteiger partial charge < -0.3 is 5.11 Å². The Labute approximate surface area is 148 Å². The largest absolute Gasteiger partial charge is 0.481 e. The first-order valence-electron chi connectivity index (χ1n) is 5.81. The number of carboxylic acids is 1. The van der Waals surface area contributed by atoms with E-state index >= 15 is 0 Å². The van der Waals surface area contributed by atoms with Crippen molar-refractivity contribution >= 4 is 60.4 Å². The van der Waals surface area contributed by atoms with Crippen molar-refractivity contribution in [2.75, 3.05) is 0 Å². The number of hydrogen-bond donors (Lipinski definition) is 1. The van der Waals surface area contributed by atoms with Gasteiger partial charge in [-0.25, -0.2) is 0 Å². The second-order valence-corrected chi connectivity index (χ2v) is 7.53. The molecule has 0 saturated carbocycles. The Bertz CT molecular complexity index is 504. The molecule has 0 fully saturated rings. The maximum atomic E-state index is 9.00. The van der Waals surface area contributed by atoms with Gasteiger partial charge >= 0.3 is 127 Å². The smallest absolute Gasteiger partial charge is 0.300 e. The molecule has 0 aromatic heterocycles. The van der Waals surface area contributed by atoms with E-state index in [4.69, 9.17) is 9.90 Å². The maximum Gasteiger partial charge on any atom is 0.300 e. The first-order valence-corrected chi connectivity index (χ1v) is 9.05. The Hall–Kier alpha value is -0.331. The first-order chi connectivity index (χ1) is 9.40. The molecule has 103 valence electrons. The summed E-state index contributed by atoms with van der Waals surface area (Å²) >= 11 is 8.44. The molecule has 0 aliphatic heterocycles. The number of hydrogen-bond acceptors (Lipinski definition) is 1. The minimum atomic E-state index is -0.833. The van der Waals surface area contributed by atoms with Crippen molar-refractivity contribution in [3.63, 3.8) is 0 Å². The predicted octanol–water partition coefficient (Wildman–Crippen LogP) is 4.56. The summed E-state index contributed by atoms with van der Waals surface area (Å²) < 4.78 is 2.79. The zero-order valence-corrected chi connectivity index (χ0v) is 16.8. The van der Waals surface area contributed by atoms with E-state index < -0.39 is 5.97 Å². The summed E-state index contributed by atoms with van der Waals surface area (Å²) in [7, 11) is 0. The van der Waals surface area contributed by atoms with E-state index in [-0.39, 0.29) is 0 Å². The van der Waals surface area contributed by atoms with E-state index in [2.05, 4.69) is 80.4 Å². The fourth-order valence-corrected chi connectivity index (χ4v) is 3.13. The Morgan fingerprint density at radius 1 is 0.950 bits per heavy atom. The molecule has 0 unspecified atom stereocenters. The number of aliphatic carboxylic acids is 1. The zero-order chi connectivity index (χ0) is 15.1. The number of rotatable bonds is 2. The summed E-state index contributed by atoms with van der Waals surface area (Å²) in [6, 6.07) is 17.2. The zero-order valence-electron chi connectivity index (χ0n) is 10.8. The molecular formula is C15H13Br2O2Sn. The van der Waals surface area contributed by atoms with Gasteiger partial charge in [-0.05, 0) is 0 Å². The number of benzene rings is 2. The van der Waals surface area contributed by atoms with Crippen LogP contribution in [0.3, 0.4) is 0 Å². The monoisotopic (exact) mass is 503 g/mol. The molecule has 2 rings (SSSR count).